The molecule has 20 heavy (non-hydrogen) atoms. The average Bonchev–Trinajstić information content (AvgIpc) is 3.29. The monoisotopic (exact) mass is 278 g/mol. The molecule has 110 valence electrons. The van der Waals surface area contributed by atoms with Gasteiger partial charge >= 0.3 is 11.9 Å². The van der Waals surface area contributed by atoms with Gasteiger partial charge in [-0.15, -0.1) is 0 Å². The minimum Gasteiger partial charge on any atom is -0.463 e. The quantitative estimate of drug-likeness (QED) is 0.530. The fraction of sp³-hybridized carbons (Fsp3) is 0.625. The molecule has 0 aromatic carbocycles. The lowest BCUT2D eigenvalue weighted by Gasteiger charge is -1.95. The predicted molar refractivity (Wildman–Crippen MR) is 74.7 cm³/mol. The first-order valence-corrected chi connectivity index (χ1v) is 7.35. The van der Waals surface area contributed by atoms with Gasteiger partial charge in [0.25, 0.3) is 0 Å². The van der Waals surface area contributed by atoms with Crippen molar-refractivity contribution in [2.24, 2.45) is 23.7 Å². The number of ether oxygens (including phenoxy) is 2. The number of rotatable bonds is 7. The summed E-state index contributed by atoms with van der Waals surface area (Å²) < 4.78 is 9.70. The largest absolute Gasteiger partial charge is 0.463 e. The van der Waals surface area contributed by atoms with Crippen LogP contribution in [0.2, 0.25) is 0 Å². The molecule has 0 N–H and O–H groups in total. The first-order valence-electron chi connectivity index (χ1n) is 7.35. The molecule has 0 amide bonds. The van der Waals surface area contributed by atoms with Crippen LogP contribution < -0.4 is 0 Å². The molecule has 2 aliphatic carbocycles. The summed E-state index contributed by atoms with van der Waals surface area (Å²) in [5.41, 5.74) is 0. The van der Waals surface area contributed by atoms with E-state index in [2.05, 4.69) is 0 Å². The van der Waals surface area contributed by atoms with Crippen LogP contribution in [0.4, 0.5) is 0 Å². The van der Waals surface area contributed by atoms with E-state index in [1.165, 1.54) is 0 Å². The molecule has 0 aliphatic heterocycles. The standard InChI is InChI=1S/C16H22O4/c1-3-19-15(17)7-5-11-9-13(11)14-10-12(14)6-8-16(18)20-4-2/h5-8,11-14H,3-4,9-10H2,1-2H3/b7-5+,8-6+/t11-,12-,13-,14-/m0/s1. The summed E-state index contributed by atoms with van der Waals surface area (Å²) >= 11 is 0. The van der Waals surface area contributed by atoms with E-state index in [0.717, 1.165) is 12.8 Å². The Balaban J connectivity index is 1.68. The molecule has 0 heterocycles. The molecule has 0 radical (unpaired) electrons. The highest BCUT2D eigenvalue weighted by molar-refractivity contribution is 5.82. The van der Waals surface area contributed by atoms with E-state index < -0.39 is 0 Å². The molecule has 2 fully saturated rings. The third kappa shape index (κ3) is 4.22. The first-order chi connectivity index (χ1) is 9.65. The molecule has 0 aromatic heterocycles. The summed E-state index contributed by atoms with van der Waals surface area (Å²) in [5, 5.41) is 0. The molecule has 0 aromatic rings. The number of hydrogen-bond donors (Lipinski definition) is 0. The Bertz CT molecular complexity index is 384. The fourth-order valence-electron chi connectivity index (χ4n) is 2.68. The minimum absolute atomic E-state index is 0.257. The van der Waals surface area contributed by atoms with E-state index >= 15 is 0 Å². The predicted octanol–water partition coefficient (Wildman–Crippen LogP) is 2.50. The van der Waals surface area contributed by atoms with Gasteiger partial charge in [0.1, 0.15) is 0 Å². The van der Waals surface area contributed by atoms with Crippen molar-refractivity contribution in [3.05, 3.63) is 24.3 Å². The molecule has 2 aliphatic rings. The Morgan fingerprint density at radius 3 is 1.65 bits per heavy atom. The summed E-state index contributed by atoms with van der Waals surface area (Å²) in [4.78, 5) is 22.4. The minimum atomic E-state index is -0.257. The molecule has 0 spiro atoms. The molecule has 4 nitrogen and oxygen atoms in total. The van der Waals surface area contributed by atoms with Crippen LogP contribution >= 0.6 is 0 Å². The van der Waals surface area contributed by atoms with E-state index in [-0.39, 0.29) is 11.9 Å². The Morgan fingerprint density at radius 2 is 1.30 bits per heavy atom. The molecular formula is C16H22O4. The van der Waals surface area contributed by atoms with Gasteiger partial charge in [0.2, 0.25) is 0 Å². The van der Waals surface area contributed by atoms with Crippen molar-refractivity contribution in [1.82, 2.24) is 0 Å². The number of allylic oxidation sites excluding steroid dienone is 2. The van der Waals surface area contributed by atoms with Crippen molar-refractivity contribution in [3.8, 4) is 0 Å². The molecule has 2 rings (SSSR count). The summed E-state index contributed by atoms with van der Waals surface area (Å²) in [6.07, 6.45) is 9.30. The second-order valence-corrected chi connectivity index (χ2v) is 5.35. The van der Waals surface area contributed by atoms with E-state index in [1.807, 2.05) is 12.2 Å². The van der Waals surface area contributed by atoms with Crippen molar-refractivity contribution in [2.45, 2.75) is 26.7 Å². The van der Waals surface area contributed by atoms with Gasteiger partial charge in [0, 0.05) is 12.2 Å². The zero-order valence-corrected chi connectivity index (χ0v) is 12.1. The maximum Gasteiger partial charge on any atom is 0.330 e. The van der Waals surface area contributed by atoms with Crippen molar-refractivity contribution in [2.75, 3.05) is 13.2 Å². The highest BCUT2D eigenvalue weighted by atomic mass is 16.5. The lowest BCUT2D eigenvalue weighted by atomic mass is 10.1. The topological polar surface area (TPSA) is 52.6 Å². The smallest absolute Gasteiger partial charge is 0.330 e. The average molecular weight is 278 g/mol. The highest BCUT2D eigenvalue weighted by Crippen LogP contribution is 2.58. The molecular weight excluding hydrogens is 256 g/mol. The lowest BCUT2D eigenvalue weighted by Crippen LogP contribution is -1.99. The van der Waals surface area contributed by atoms with Crippen LogP contribution in [0.15, 0.2) is 24.3 Å². The van der Waals surface area contributed by atoms with Crippen LogP contribution in [0.1, 0.15) is 26.7 Å². The van der Waals surface area contributed by atoms with Crippen LogP contribution in [-0.4, -0.2) is 25.2 Å². The van der Waals surface area contributed by atoms with E-state index in [9.17, 15) is 9.59 Å². The van der Waals surface area contributed by atoms with Crippen LogP contribution in [0.25, 0.3) is 0 Å². The maximum absolute atomic E-state index is 11.2. The molecule has 2 saturated carbocycles. The second kappa shape index (κ2) is 6.73. The van der Waals surface area contributed by atoms with Crippen LogP contribution in [0.3, 0.4) is 0 Å². The Hall–Kier alpha value is -1.58. The number of carbonyl (C=O) groups is 2. The van der Waals surface area contributed by atoms with Crippen molar-refractivity contribution >= 4 is 11.9 Å². The normalized spacial score (nSPS) is 31.5. The van der Waals surface area contributed by atoms with Gasteiger partial charge in [-0.1, -0.05) is 12.2 Å². The first kappa shape index (κ1) is 14.8. The summed E-state index contributed by atoms with van der Waals surface area (Å²) in [7, 11) is 0. The van der Waals surface area contributed by atoms with E-state index in [0.29, 0.717) is 36.9 Å². The van der Waals surface area contributed by atoms with Gasteiger partial charge in [0.15, 0.2) is 0 Å². The molecule has 4 heteroatoms. The van der Waals surface area contributed by atoms with Crippen LogP contribution in [-0.2, 0) is 19.1 Å². The van der Waals surface area contributed by atoms with E-state index in [4.69, 9.17) is 9.47 Å². The van der Waals surface area contributed by atoms with Gasteiger partial charge in [-0.25, -0.2) is 9.59 Å². The molecule has 0 bridgehead atoms. The Morgan fingerprint density at radius 1 is 0.900 bits per heavy atom. The van der Waals surface area contributed by atoms with Crippen molar-refractivity contribution in [1.29, 1.82) is 0 Å². The van der Waals surface area contributed by atoms with Crippen LogP contribution in [0, 0.1) is 23.7 Å². The Kier molecular flexibility index (Phi) is 4.99. The number of hydrogen-bond acceptors (Lipinski definition) is 4. The van der Waals surface area contributed by atoms with Gasteiger partial charge < -0.3 is 9.47 Å². The number of carbonyl (C=O) groups excluding carboxylic acids is 2. The van der Waals surface area contributed by atoms with Gasteiger partial charge in [-0.05, 0) is 50.4 Å². The van der Waals surface area contributed by atoms with Gasteiger partial charge in [-0.3, -0.25) is 0 Å². The van der Waals surface area contributed by atoms with Crippen LogP contribution in [0.5, 0.6) is 0 Å². The summed E-state index contributed by atoms with van der Waals surface area (Å²) in [6.45, 7) is 4.44. The summed E-state index contributed by atoms with van der Waals surface area (Å²) in [6, 6.07) is 0. The molecule has 0 unspecified atom stereocenters. The SMILES string of the molecule is CCOC(=O)/C=C/[C@H]1C[C@@H]1[C@H]1C[C@@H]1/C=C/C(=O)OCC. The number of esters is 2. The maximum atomic E-state index is 11.2. The molecule has 4 atom stereocenters. The highest BCUT2D eigenvalue weighted by Gasteiger charge is 2.51. The van der Waals surface area contributed by atoms with E-state index in [1.54, 1.807) is 26.0 Å². The van der Waals surface area contributed by atoms with Gasteiger partial charge in [0.05, 0.1) is 13.2 Å². The zero-order valence-electron chi connectivity index (χ0n) is 12.1. The van der Waals surface area contributed by atoms with Gasteiger partial charge in [-0.2, -0.15) is 0 Å². The second-order valence-electron chi connectivity index (χ2n) is 5.35. The molecule has 0 saturated heterocycles. The third-order valence-corrected chi connectivity index (χ3v) is 3.86. The summed E-state index contributed by atoms with van der Waals surface area (Å²) in [5.74, 6) is 1.83. The van der Waals surface area contributed by atoms with Crippen molar-refractivity contribution in [3.63, 3.8) is 0 Å². The fourth-order valence-corrected chi connectivity index (χ4v) is 2.68. The lowest BCUT2D eigenvalue weighted by molar-refractivity contribution is -0.138. The zero-order chi connectivity index (χ0) is 14.5. The third-order valence-electron chi connectivity index (χ3n) is 3.86. The van der Waals surface area contributed by atoms with Crippen molar-refractivity contribution < 1.29 is 19.1 Å². The Labute approximate surface area is 119 Å².